The number of rotatable bonds is 3. The van der Waals surface area contributed by atoms with Crippen molar-refractivity contribution in [3.05, 3.63) is 0 Å². The van der Waals surface area contributed by atoms with E-state index in [2.05, 4.69) is 24.1 Å². The smallest absolute Gasteiger partial charge is 0.234 e. The Morgan fingerprint density at radius 3 is 2.53 bits per heavy atom. The van der Waals surface area contributed by atoms with Crippen molar-refractivity contribution in [1.29, 1.82) is 0 Å². The fourth-order valence-corrected chi connectivity index (χ4v) is 8.67. The number of hydrogen-bond acceptors (Lipinski definition) is 4. The third-order valence-corrected chi connectivity index (χ3v) is 10.4. The Balaban J connectivity index is 1.25. The summed E-state index contributed by atoms with van der Waals surface area (Å²) in [6.45, 7) is 8.80. The maximum Gasteiger partial charge on any atom is 0.234 e. The molecule has 1 heterocycles. The minimum Gasteiger partial charge on any atom is -0.393 e. The van der Waals surface area contributed by atoms with E-state index in [0.717, 1.165) is 69.2 Å². The molecule has 5 heteroatoms. The lowest BCUT2D eigenvalue weighted by Crippen LogP contribution is -2.56. The van der Waals surface area contributed by atoms with Gasteiger partial charge in [-0.05, 0) is 92.3 Å². The summed E-state index contributed by atoms with van der Waals surface area (Å²) in [5.41, 5.74) is 0.695. The molecule has 0 unspecified atom stereocenters. The highest BCUT2D eigenvalue weighted by atomic mass is 16.5. The minimum atomic E-state index is -0.0639. The lowest BCUT2D eigenvalue weighted by molar-refractivity contribution is -0.131. The standard InChI is InChI=1S/C25H42N2O3/c1-24-9-7-18(28)15-17(24)3-4-19-20-5-6-22(25(20,2)10-8-21(19)24)26-23(29)16-27-11-13-30-14-12-27/h17-22,28H,3-16H2,1-2H3,(H,26,29)/t17-,18+,19-,20-,21-,22+,24-,25-/m0/s1. The molecule has 4 saturated carbocycles. The van der Waals surface area contributed by atoms with Crippen molar-refractivity contribution in [3.63, 3.8) is 0 Å². The van der Waals surface area contributed by atoms with Crippen LogP contribution in [0.2, 0.25) is 0 Å². The quantitative estimate of drug-likeness (QED) is 0.739. The number of carbonyl (C=O) groups excluding carboxylic acids is 1. The number of carbonyl (C=O) groups is 1. The molecule has 1 saturated heterocycles. The van der Waals surface area contributed by atoms with E-state index in [1.54, 1.807) is 0 Å². The van der Waals surface area contributed by atoms with Gasteiger partial charge in [0.15, 0.2) is 0 Å². The van der Waals surface area contributed by atoms with Crippen molar-refractivity contribution < 1.29 is 14.6 Å². The second-order valence-corrected chi connectivity index (χ2v) is 11.7. The zero-order valence-corrected chi connectivity index (χ0v) is 19.1. The largest absolute Gasteiger partial charge is 0.393 e. The highest BCUT2D eigenvalue weighted by molar-refractivity contribution is 5.78. The first kappa shape index (κ1) is 21.2. The fourth-order valence-electron chi connectivity index (χ4n) is 8.67. The monoisotopic (exact) mass is 418 g/mol. The fraction of sp³-hybridized carbons (Fsp3) is 0.960. The number of aliphatic hydroxyl groups is 1. The molecule has 2 N–H and O–H groups in total. The van der Waals surface area contributed by atoms with E-state index in [1.165, 1.54) is 38.5 Å². The van der Waals surface area contributed by atoms with E-state index in [-0.39, 0.29) is 17.4 Å². The second kappa shape index (κ2) is 8.04. The van der Waals surface area contributed by atoms with Gasteiger partial charge in [-0.15, -0.1) is 0 Å². The predicted octanol–water partition coefficient (Wildman–Crippen LogP) is 3.21. The van der Waals surface area contributed by atoms with Gasteiger partial charge in [-0.2, -0.15) is 0 Å². The predicted molar refractivity (Wildman–Crippen MR) is 117 cm³/mol. The number of ether oxygens (including phenoxy) is 1. The number of morpholine rings is 1. The number of hydrogen-bond donors (Lipinski definition) is 2. The lowest BCUT2D eigenvalue weighted by atomic mass is 9.45. The average Bonchev–Trinajstić information content (AvgIpc) is 3.05. The van der Waals surface area contributed by atoms with Crippen LogP contribution in [0.5, 0.6) is 0 Å². The molecule has 0 radical (unpaired) electrons. The Hall–Kier alpha value is -0.650. The van der Waals surface area contributed by atoms with Gasteiger partial charge in [-0.1, -0.05) is 13.8 Å². The molecule has 0 bridgehead atoms. The number of nitrogens with one attached hydrogen (secondary N) is 1. The summed E-state index contributed by atoms with van der Waals surface area (Å²) in [6.07, 6.45) is 10.8. The molecule has 1 amide bonds. The summed E-state index contributed by atoms with van der Waals surface area (Å²) in [6, 6.07) is 0.343. The second-order valence-electron chi connectivity index (χ2n) is 11.7. The first-order chi connectivity index (χ1) is 14.4. The Kier molecular flexibility index (Phi) is 5.69. The molecule has 0 spiro atoms. The highest BCUT2D eigenvalue weighted by Gasteiger charge is 2.60. The zero-order chi connectivity index (χ0) is 20.9. The topological polar surface area (TPSA) is 61.8 Å². The van der Waals surface area contributed by atoms with Crippen molar-refractivity contribution in [3.8, 4) is 0 Å². The molecule has 0 aromatic heterocycles. The molecule has 5 aliphatic rings. The number of fused-ring (bicyclic) bond motifs is 5. The van der Waals surface area contributed by atoms with Gasteiger partial charge in [0.05, 0.1) is 25.9 Å². The van der Waals surface area contributed by atoms with Crippen molar-refractivity contribution >= 4 is 5.91 Å². The van der Waals surface area contributed by atoms with E-state index in [9.17, 15) is 9.90 Å². The summed E-state index contributed by atoms with van der Waals surface area (Å²) < 4.78 is 5.42. The van der Waals surface area contributed by atoms with Gasteiger partial charge in [0.1, 0.15) is 0 Å². The Bertz CT molecular complexity index is 650. The van der Waals surface area contributed by atoms with Crippen molar-refractivity contribution in [2.75, 3.05) is 32.8 Å². The first-order valence-corrected chi connectivity index (χ1v) is 12.7. The van der Waals surface area contributed by atoms with Gasteiger partial charge in [-0.25, -0.2) is 0 Å². The molecular formula is C25H42N2O3. The molecule has 170 valence electrons. The van der Waals surface area contributed by atoms with E-state index < -0.39 is 0 Å². The van der Waals surface area contributed by atoms with Crippen LogP contribution in [-0.4, -0.2) is 60.9 Å². The van der Waals surface area contributed by atoms with Crippen LogP contribution in [0.15, 0.2) is 0 Å². The van der Waals surface area contributed by atoms with E-state index in [1.807, 2.05) is 0 Å². The normalized spacial score (nSPS) is 49.0. The summed E-state index contributed by atoms with van der Waals surface area (Å²) >= 11 is 0. The number of nitrogens with zero attached hydrogens (tertiary/aromatic N) is 1. The molecule has 30 heavy (non-hydrogen) atoms. The van der Waals surface area contributed by atoms with Crippen LogP contribution in [0, 0.1) is 34.5 Å². The van der Waals surface area contributed by atoms with Gasteiger partial charge in [0.2, 0.25) is 5.91 Å². The molecule has 0 aromatic carbocycles. The molecule has 5 nitrogen and oxygen atoms in total. The van der Waals surface area contributed by atoms with E-state index >= 15 is 0 Å². The van der Waals surface area contributed by atoms with Crippen LogP contribution in [0.25, 0.3) is 0 Å². The maximum atomic E-state index is 12.8. The third-order valence-electron chi connectivity index (χ3n) is 10.4. The SMILES string of the molecule is C[C@]12CC[C@@H](O)C[C@@H]1CC[C@@H]1[C@@H]2CC[C@]2(C)[C@H](NC(=O)CN3CCOCC3)CC[C@@H]12. The molecule has 5 fully saturated rings. The van der Waals surface area contributed by atoms with Gasteiger partial charge >= 0.3 is 0 Å². The molecule has 8 atom stereocenters. The van der Waals surface area contributed by atoms with Crippen LogP contribution < -0.4 is 5.32 Å². The van der Waals surface area contributed by atoms with Crippen LogP contribution in [0.3, 0.4) is 0 Å². The van der Waals surface area contributed by atoms with E-state index in [0.29, 0.717) is 18.0 Å². The van der Waals surface area contributed by atoms with E-state index in [4.69, 9.17) is 4.74 Å². The molecule has 1 aliphatic heterocycles. The lowest BCUT2D eigenvalue weighted by Gasteiger charge is -2.61. The number of amides is 1. The van der Waals surface area contributed by atoms with Crippen molar-refractivity contribution in [2.45, 2.75) is 83.8 Å². The third kappa shape index (κ3) is 3.53. The van der Waals surface area contributed by atoms with Gasteiger partial charge in [0.25, 0.3) is 0 Å². The summed E-state index contributed by atoms with van der Waals surface area (Å²) in [5.74, 6) is 3.33. The Labute approximate surface area is 182 Å². The first-order valence-electron chi connectivity index (χ1n) is 12.7. The summed E-state index contributed by atoms with van der Waals surface area (Å²) in [4.78, 5) is 15.0. The maximum absolute atomic E-state index is 12.8. The Morgan fingerprint density at radius 1 is 1.00 bits per heavy atom. The average molecular weight is 419 g/mol. The minimum absolute atomic E-state index is 0.0639. The van der Waals surface area contributed by atoms with Gasteiger partial charge < -0.3 is 15.2 Å². The number of aliphatic hydroxyl groups excluding tert-OH is 1. The van der Waals surface area contributed by atoms with Crippen LogP contribution in [0.1, 0.15) is 71.6 Å². The van der Waals surface area contributed by atoms with Crippen molar-refractivity contribution in [1.82, 2.24) is 10.2 Å². The zero-order valence-electron chi connectivity index (χ0n) is 19.1. The van der Waals surface area contributed by atoms with Gasteiger partial charge in [-0.3, -0.25) is 9.69 Å². The summed E-state index contributed by atoms with van der Waals surface area (Å²) in [5, 5.41) is 13.7. The van der Waals surface area contributed by atoms with Gasteiger partial charge in [0, 0.05) is 19.1 Å². The van der Waals surface area contributed by atoms with Crippen LogP contribution in [0.4, 0.5) is 0 Å². The van der Waals surface area contributed by atoms with Crippen LogP contribution >= 0.6 is 0 Å². The molecule has 0 aromatic rings. The molecular weight excluding hydrogens is 376 g/mol. The Morgan fingerprint density at radius 2 is 1.73 bits per heavy atom. The molecule has 5 rings (SSSR count). The van der Waals surface area contributed by atoms with Crippen molar-refractivity contribution in [2.24, 2.45) is 34.5 Å². The van der Waals surface area contributed by atoms with Crippen LogP contribution in [-0.2, 0) is 9.53 Å². The highest BCUT2D eigenvalue weighted by Crippen LogP contribution is 2.66. The summed E-state index contributed by atoms with van der Waals surface area (Å²) in [7, 11) is 0. The molecule has 4 aliphatic carbocycles.